The number of aromatic nitrogens is 2. The number of cyclic esters (lactones) is 1. The Morgan fingerprint density at radius 2 is 2.07 bits per heavy atom. The SMILES string of the molecule is Cc1ccc(-n2ncc3c2CC(C)(C)C[C@@H]3NC(=O)CN2CCOC2=O)cc1. The normalized spacial score (nSPS) is 20.6. The zero-order chi connectivity index (χ0) is 19.9. The van der Waals surface area contributed by atoms with E-state index in [1.54, 1.807) is 0 Å². The summed E-state index contributed by atoms with van der Waals surface area (Å²) in [6.45, 7) is 7.30. The van der Waals surface area contributed by atoms with Crippen LogP contribution in [0.2, 0.25) is 0 Å². The Bertz CT molecular complexity index is 901. The van der Waals surface area contributed by atoms with Crippen molar-refractivity contribution < 1.29 is 14.3 Å². The molecular weight excluding hydrogens is 356 g/mol. The predicted octanol–water partition coefficient (Wildman–Crippen LogP) is 2.76. The minimum Gasteiger partial charge on any atom is -0.448 e. The van der Waals surface area contributed by atoms with Gasteiger partial charge >= 0.3 is 6.09 Å². The van der Waals surface area contributed by atoms with Crippen LogP contribution >= 0.6 is 0 Å². The average molecular weight is 382 g/mol. The first-order valence-corrected chi connectivity index (χ1v) is 9.67. The van der Waals surface area contributed by atoms with Crippen molar-refractivity contribution in [1.29, 1.82) is 0 Å². The molecule has 0 radical (unpaired) electrons. The third-order valence-corrected chi connectivity index (χ3v) is 5.47. The molecule has 2 aliphatic rings. The molecule has 1 aromatic heterocycles. The number of aryl methyl sites for hydroxylation is 1. The summed E-state index contributed by atoms with van der Waals surface area (Å²) in [7, 11) is 0. The van der Waals surface area contributed by atoms with Crippen molar-refractivity contribution in [1.82, 2.24) is 20.0 Å². The van der Waals surface area contributed by atoms with Crippen LogP contribution in [0.3, 0.4) is 0 Å². The van der Waals surface area contributed by atoms with Crippen LogP contribution < -0.4 is 5.32 Å². The largest absolute Gasteiger partial charge is 0.448 e. The molecule has 1 aliphatic carbocycles. The van der Waals surface area contributed by atoms with Gasteiger partial charge in [0, 0.05) is 5.56 Å². The number of benzene rings is 1. The van der Waals surface area contributed by atoms with Crippen LogP contribution in [0.5, 0.6) is 0 Å². The molecule has 1 aromatic carbocycles. The molecule has 1 saturated heterocycles. The minimum absolute atomic E-state index is 0.0250. The van der Waals surface area contributed by atoms with E-state index in [0.29, 0.717) is 13.2 Å². The highest BCUT2D eigenvalue weighted by molar-refractivity contribution is 5.83. The molecular formula is C21H26N4O3. The molecule has 2 amide bonds. The highest BCUT2D eigenvalue weighted by Gasteiger charge is 2.36. The molecule has 7 heteroatoms. The molecule has 28 heavy (non-hydrogen) atoms. The molecule has 1 aliphatic heterocycles. The average Bonchev–Trinajstić information content (AvgIpc) is 3.21. The highest BCUT2D eigenvalue weighted by atomic mass is 16.6. The molecule has 2 aromatic rings. The molecule has 0 unspecified atom stereocenters. The van der Waals surface area contributed by atoms with E-state index in [2.05, 4.69) is 55.5 Å². The Kier molecular flexibility index (Phi) is 4.61. The first-order valence-electron chi connectivity index (χ1n) is 9.67. The van der Waals surface area contributed by atoms with Crippen molar-refractivity contribution in [2.75, 3.05) is 19.7 Å². The van der Waals surface area contributed by atoms with Crippen LogP contribution in [0, 0.1) is 12.3 Å². The zero-order valence-electron chi connectivity index (χ0n) is 16.6. The maximum atomic E-state index is 12.6. The van der Waals surface area contributed by atoms with Crippen LogP contribution in [0.25, 0.3) is 5.69 Å². The Hall–Kier alpha value is -2.83. The second-order valence-corrected chi connectivity index (χ2v) is 8.50. The van der Waals surface area contributed by atoms with Gasteiger partial charge in [-0.25, -0.2) is 9.48 Å². The van der Waals surface area contributed by atoms with E-state index < -0.39 is 6.09 Å². The van der Waals surface area contributed by atoms with Gasteiger partial charge in [0.05, 0.1) is 30.2 Å². The summed E-state index contributed by atoms with van der Waals surface area (Å²) in [6, 6.07) is 8.16. The van der Waals surface area contributed by atoms with Crippen LogP contribution in [0.15, 0.2) is 30.5 Å². The number of hydrogen-bond donors (Lipinski definition) is 1. The summed E-state index contributed by atoms with van der Waals surface area (Å²) in [5.74, 6) is -0.171. The second kappa shape index (κ2) is 6.96. The molecule has 148 valence electrons. The first kappa shape index (κ1) is 18.5. The summed E-state index contributed by atoms with van der Waals surface area (Å²) in [4.78, 5) is 25.6. The van der Waals surface area contributed by atoms with Crippen molar-refractivity contribution in [3.63, 3.8) is 0 Å². The van der Waals surface area contributed by atoms with Crippen molar-refractivity contribution in [2.45, 2.75) is 39.7 Å². The fourth-order valence-corrected chi connectivity index (χ4v) is 4.06. The number of amides is 2. The monoisotopic (exact) mass is 382 g/mol. The van der Waals surface area contributed by atoms with Gasteiger partial charge in [-0.3, -0.25) is 9.69 Å². The number of ether oxygens (including phenoxy) is 1. The third kappa shape index (κ3) is 3.61. The summed E-state index contributed by atoms with van der Waals surface area (Å²) in [6.07, 6.45) is 3.16. The Morgan fingerprint density at radius 1 is 1.32 bits per heavy atom. The van der Waals surface area contributed by atoms with Crippen LogP contribution in [0.4, 0.5) is 4.79 Å². The second-order valence-electron chi connectivity index (χ2n) is 8.50. The lowest BCUT2D eigenvalue weighted by Crippen LogP contribution is -2.42. The van der Waals surface area contributed by atoms with Gasteiger partial charge < -0.3 is 10.1 Å². The van der Waals surface area contributed by atoms with Crippen molar-refractivity contribution in [3.8, 4) is 5.69 Å². The van der Waals surface area contributed by atoms with Gasteiger partial charge in [-0.05, 0) is 37.3 Å². The summed E-state index contributed by atoms with van der Waals surface area (Å²) in [5, 5.41) is 7.73. The van der Waals surface area contributed by atoms with E-state index in [1.165, 1.54) is 10.5 Å². The molecule has 1 atom stereocenters. The van der Waals surface area contributed by atoms with Gasteiger partial charge in [0.15, 0.2) is 0 Å². The topological polar surface area (TPSA) is 76.5 Å². The van der Waals surface area contributed by atoms with Gasteiger partial charge in [0.2, 0.25) is 5.91 Å². The van der Waals surface area contributed by atoms with Crippen LogP contribution in [0.1, 0.15) is 43.1 Å². The van der Waals surface area contributed by atoms with Crippen molar-refractivity contribution in [3.05, 3.63) is 47.3 Å². The lowest BCUT2D eigenvalue weighted by Gasteiger charge is -2.36. The van der Waals surface area contributed by atoms with Crippen molar-refractivity contribution >= 4 is 12.0 Å². The molecule has 2 heterocycles. The number of rotatable bonds is 4. The Morgan fingerprint density at radius 3 is 2.75 bits per heavy atom. The van der Waals surface area contributed by atoms with Gasteiger partial charge in [0.1, 0.15) is 13.2 Å². The Labute approximate surface area is 164 Å². The fraction of sp³-hybridized carbons (Fsp3) is 0.476. The van der Waals surface area contributed by atoms with Gasteiger partial charge in [-0.15, -0.1) is 0 Å². The Balaban J connectivity index is 1.57. The zero-order valence-corrected chi connectivity index (χ0v) is 16.6. The number of hydrogen-bond acceptors (Lipinski definition) is 4. The van der Waals surface area contributed by atoms with E-state index in [9.17, 15) is 9.59 Å². The van der Waals surface area contributed by atoms with E-state index in [4.69, 9.17) is 4.74 Å². The molecule has 1 fully saturated rings. The van der Waals surface area contributed by atoms with Crippen molar-refractivity contribution in [2.24, 2.45) is 5.41 Å². The maximum Gasteiger partial charge on any atom is 0.410 e. The number of nitrogens with one attached hydrogen (secondary N) is 1. The van der Waals surface area contributed by atoms with E-state index in [1.807, 2.05) is 10.9 Å². The summed E-state index contributed by atoms with van der Waals surface area (Å²) < 4.78 is 6.88. The number of carbonyl (C=O) groups excluding carboxylic acids is 2. The smallest absolute Gasteiger partial charge is 0.410 e. The quantitative estimate of drug-likeness (QED) is 0.882. The standard InChI is InChI=1S/C21H26N4O3/c1-14-4-6-15(7-5-14)25-18-11-21(2,3)10-17(16(18)12-22-25)23-19(26)13-24-8-9-28-20(24)27/h4-7,12,17H,8-11,13H2,1-3H3,(H,23,26)/t17-/m0/s1. The van der Waals surface area contributed by atoms with Gasteiger partial charge in [-0.2, -0.15) is 5.10 Å². The van der Waals surface area contributed by atoms with E-state index in [0.717, 1.165) is 29.8 Å². The summed E-state index contributed by atoms with van der Waals surface area (Å²) >= 11 is 0. The van der Waals surface area contributed by atoms with Gasteiger partial charge in [-0.1, -0.05) is 31.5 Å². The number of fused-ring (bicyclic) bond motifs is 1. The highest BCUT2D eigenvalue weighted by Crippen LogP contribution is 2.41. The minimum atomic E-state index is -0.424. The molecule has 0 saturated carbocycles. The number of carbonyl (C=O) groups is 2. The predicted molar refractivity (Wildman–Crippen MR) is 104 cm³/mol. The summed E-state index contributed by atoms with van der Waals surface area (Å²) in [5.41, 5.74) is 4.44. The van der Waals surface area contributed by atoms with E-state index in [-0.39, 0.29) is 23.9 Å². The number of nitrogens with zero attached hydrogens (tertiary/aromatic N) is 3. The maximum absolute atomic E-state index is 12.6. The third-order valence-electron chi connectivity index (χ3n) is 5.47. The molecule has 0 spiro atoms. The van der Waals surface area contributed by atoms with Gasteiger partial charge in [0.25, 0.3) is 0 Å². The lowest BCUT2D eigenvalue weighted by molar-refractivity contribution is -0.122. The molecule has 7 nitrogen and oxygen atoms in total. The molecule has 0 bridgehead atoms. The first-order chi connectivity index (χ1) is 13.3. The van der Waals surface area contributed by atoms with E-state index >= 15 is 0 Å². The van der Waals surface area contributed by atoms with Crippen LogP contribution in [-0.4, -0.2) is 46.4 Å². The van der Waals surface area contributed by atoms with Crippen LogP contribution in [-0.2, 0) is 16.0 Å². The lowest BCUT2D eigenvalue weighted by atomic mass is 9.74. The molecule has 1 N–H and O–H groups in total. The fourth-order valence-electron chi connectivity index (χ4n) is 4.06. The molecule has 4 rings (SSSR count).